The first-order valence-electron chi connectivity index (χ1n) is 5.22. The SMILES string of the molecule is O=[N+]([O-])c1ccc(Oc2cncc(Br)c2)c(CBr)c1. The van der Waals surface area contributed by atoms with Crippen LogP contribution < -0.4 is 4.74 Å². The highest BCUT2D eigenvalue weighted by Gasteiger charge is 2.11. The molecule has 2 rings (SSSR count). The molecule has 0 bridgehead atoms. The van der Waals surface area contributed by atoms with Crippen molar-refractivity contribution in [3.05, 3.63) is 56.8 Å². The maximum atomic E-state index is 10.7. The Labute approximate surface area is 126 Å². The Morgan fingerprint density at radius 3 is 2.74 bits per heavy atom. The van der Waals surface area contributed by atoms with Gasteiger partial charge in [-0.15, -0.1) is 0 Å². The van der Waals surface area contributed by atoms with E-state index in [1.165, 1.54) is 12.1 Å². The largest absolute Gasteiger partial charge is 0.455 e. The fourth-order valence-corrected chi connectivity index (χ4v) is 2.24. The summed E-state index contributed by atoms with van der Waals surface area (Å²) in [4.78, 5) is 14.3. The predicted molar refractivity (Wildman–Crippen MR) is 77.7 cm³/mol. The summed E-state index contributed by atoms with van der Waals surface area (Å²) < 4.78 is 6.47. The summed E-state index contributed by atoms with van der Waals surface area (Å²) in [5.41, 5.74) is 0.739. The molecule has 0 saturated carbocycles. The summed E-state index contributed by atoms with van der Waals surface area (Å²) in [5, 5.41) is 11.2. The predicted octanol–water partition coefficient (Wildman–Crippen LogP) is 4.44. The topological polar surface area (TPSA) is 65.3 Å². The zero-order valence-corrected chi connectivity index (χ0v) is 12.7. The minimum atomic E-state index is -0.434. The minimum absolute atomic E-state index is 0.0363. The third kappa shape index (κ3) is 3.51. The summed E-state index contributed by atoms with van der Waals surface area (Å²) >= 11 is 6.59. The summed E-state index contributed by atoms with van der Waals surface area (Å²) in [6.45, 7) is 0. The van der Waals surface area contributed by atoms with Crippen LogP contribution in [0.25, 0.3) is 0 Å². The average molecular weight is 388 g/mol. The normalized spacial score (nSPS) is 10.2. The molecule has 0 aliphatic rings. The molecule has 1 aromatic heterocycles. The molecule has 5 nitrogen and oxygen atoms in total. The van der Waals surface area contributed by atoms with Gasteiger partial charge in [0.2, 0.25) is 0 Å². The fourth-order valence-electron chi connectivity index (χ4n) is 1.46. The van der Waals surface area contributed by atoms with E-state index in [4.69, 9.17) is 4.74 Å². The van der Waals surface area contributed by atoms with E-state index in [-0.39, 0.29) is 5.69 Å². The number of nitro groups is 1. The molecular formula is C12H8Br2N2O3. The Kier molecular flexibility index (Phi) is 4.49. The van der Waals surface area contributed by atoms with Crippen LogP contribution in [0.4, 0.5) is 5.69 Å². The number of ether oxygens (including phenoxy) is 1. The monoisotopic (exact) mass is 386 g/mol. The summed E-state index contributed by atoms with van der Waals surface area (Å²) in [6.07, 6.45) is 3.22. The Morgan fingerprint density at radius 1 is 1.32 bits per heavy atom. The Bertz CT molecular complexity index is 620. The van der Waals surface area contributed by atoms with Gasteiger partial charge < -0.3 is 4.74 Å². The third-order valence-corrected chi connectivity index (χ3v) is 3.34. The number of nitro benzene ring substituents is 1. The highest BCUT2D eigenvalue weighted by atomic mass is 79.9. The maximum absolute atomic E-state index is 10.7. The van der Waals surface area contributed by atoms with Crippen LogP contribution in [-0.2, 0) is 5.33 Å². The molecule has 1 heterocycles. The van der Waals surface area contributed by atoms with Crippen LogP contribution in [0.3, 0.4) is 0 Å². The van der Waals surface area contributed by atoms with Crippen molar-refractivity contribution >= 4 is 37.5 Å². The molecule has 19 heavy (non-hydrogen) atoms. The first kappa shape index (κ1) is 14.0. The zero-order chi connectivity index (χ0) is 13.8. The first-order chi connectivity index (χ1) is 9.10. The molecule has 0 N–H and O–H groups in total. The van der Waals surface area contributed by atoms with Gasteiger partial charge in [-0.05, 0) is 28.1 Å². The van der Waals surface area contributed by atoms with Crippen LogP contribution in [0.5, 0.6) is 11.5 Å². The van der Waals surface area contributed by atoms with Crippen molar-refractivity contribution in [3.63, 3.8) is 0 Å². The van der Waals surface area contributed by atoms with Crippen molar-refractivity contribution in [2.75, 3.05) is 0 Å². The highest BCUT2D eigenvalue weighted by molar-refractivity contribution is 9.10. The Balaban J connectivity index is 2.32. The number of pyridine rings is 1. The number of hydrogen-bond donors (Lipinski definition) is 0. The van der Waals surface area contributed by atoms with Gasteiger partial charge in [0, 0.05) is 33.7 Å². The van der Waals surface area contributed by atoms with Crippen molar-refractivity contribution in [1.29, 1.82) is 0 Å². The van der Waals surface area contributed by atoms with Crippen molar-refractivity contribution in [2.45, 2.75) is 5.33 Å². The summed E-state index contributed by atoms with van der Waals surface area (Å²) in [5.74, 6) is 1.12. The summed E-state index contributed by atoms with van der Waals surface area (Å²) in [7, 11) is 0. The van der Waals surface area contributed by atoms with Crippen molar-refractivity contribution in [3.8, 4) is 11.5 Å². The van der Waals surface area contributed by atoms with E-state index in [1.54, 1.807) is 24.5 Å². The lowest BCUT2D eigenvalue weighted by Gasteiger charge is -2.09. The molecule has 0 spiro atoms. The quantitative estimate of drug-likeness (QED) is 0.442. The van der Waals surface area contributed by atoms with Gasteiger partial charge in [0.25, 0.3) is 5.69 Å². The number of aromatic nitrogens is 1. The van der Waals surface area contributed by atoms with Gasteiger partial charge in [0.1, 0.15) is 11.5 Å². The zero-order valence-electron chi connectivity index (χ0n) is 9.55. The van der Waals surface area contributed by atoms with E-state index in [9.17, 15) is 10.1 Å². The molecule has 0 saturated heterocycles. The van der Waals surface area contributed by atoms with Gasteiger partial charge in [-0.2, -0.15) is 0 Å². The van der Waals surface area contributed by atoms with E-state index < -0.39 is 4.92 Å². The molecule has 7 heteroatoms. The second-order valence-electron chi connectivity index (χ2n) is 3.62. The second-order valence-corrected chi connectivity index (χ2v) is 5.10. The lowest BCUT2D eigenvalue weighted by molar-refractivity contribution is -0.384. The molecular weight excluding hydrogens is 380 g/mol. The first-order valence-corrected chi connectivity index (χ1v) is 7.13. The standard InChI is InChI=1S/C12H8Br2N2O3/c13-5-8-3-10(16(17)18)1-2-12(8)19-11-4-9(14)6-15-7-11/h1-4,6-7H,5H2. The van der Waals surface area contributed by atoms with E-state index >= 15 is 0 Å². The van der Waals surface area contributed by atoms with E-state index in [0.29, 0.717) is 22.4 Å². The minimum Gasteiger partial charge on any atom is -0.455 e. The number of alkyl halides is 1. The molecule has 0 fully saturated rings. The molecule has 0 aliphatic heterocycles. The van der Waals surface area contributed by atoms with Crippen molar-refractivity contribution < 1.29 is 9.66 Å². The molecule has 0 amide bonds. The number of non-ortho nitro benzene ring substituents is 1. The van der Waals surface area contributed by atoms with Crippen LogP contribution in [0, 0.1) is 10.1 Å². The van der Waals surface area contributed by atoms with Crippen molar-refractivity contribution in [1.82, 2.24) is 4.98 Å². The number of rotatable bonds is 4. The van der Waals surface area contributed by atoms with Crippen LogP contribution >= 0.6 is 31.9 Å². The highest BCUT2D eigenvalue weighted by Crippen LogP contribution is 2.30. The van der Waals surface area contributed by atoms with Gasteiger partial charge in [0.15, 0.2) is 0 Å². The summed E-state index contributed by atoms with van der Waals surface area (Å²) in [6, 6.07) is 6.24. The second kappa shape index (κ2) is 6.12. The third-order valence-electron chi connectivity index (χ3n) is 2.31. The molecule has 0 radical (unpaired) electrons. The van der Waals surface area contributed by atoms with E-state index in [2.05, 4.69) is 36.8 Å². The Hall–Kier alpha value is -1.47. The van der Waals surface area contributed by atoms with E-state index in [0.717, 1.165) is 4.47 Å². The smallest absolute Gasteiger partial charge is 0.270 e. The molecule has 0 atom stereocenters. The average Bonchev–Trinajstić information content (AvgIpc) is 2.39. The fraction of sp³-hybridized carbons (Fsp3) is 0.0833. The molecule has 1 aromatic carbocycles. The van der Waals surface area contributed by atoms with Gasteiger partial charge in [-0.1, -0.05) is 15.9 Å². The molecule has 2 aromatic rings. The van der Waals surface area contributed by atoms with E-state index in [1.807, 2.05) is 0 Å². The van der Waals surface area contributed by atoms with Crippen molar-refractivity contribution in [2.24, 2.45) is 0 Å². The lowest BCUT2D eigenvalue weighted by Crippen LogP contribution is -1.93. The molecule has 0 aliphatic carbocycles. The number of hydrogen-bond acceptors (Lipinski definition) is 4. The number of nitrogens with zero attached hydrogens (tertiary/aromatic N) is 2. The van der Waals surface area contributed by atoms with Gasteiger partial charge >= 0.3 is 0 Å². The number of benzene rings is 1. The van der Waals surface area contributed by atoms with Crippen LogP contribution in [-0.4, -0.2) is 9.91 Å². The molecule has 0 unspecified atom stereocenters. The maximum Gasteiger partial charge on any atom is 0.270 e. The van der Waals surface area contributed by atoms with Gasteiger partial charge in [-0.25, -0.2) is 0 Å². The lowest BCUT2D eigenvalue weighted by atomic mass is 10.2. The molecule has 98 valence electrons. The van der Waals surface area contributed by atoms with Crippen LogP contribution in [0.1, 0.15) is 5.56 Å². The van der Waals surface area contributed by atoms with Gasteiger partial charge in [0.05, 0.1) is 11.1 Å². The number of halogens is 2. The Morgan fingerprint density at radius 2 is 2.11 bits per heavy atom. The van der Waals surface area contributed by atoms with Crippen LogP contribution in [0.2, 0.25) is 0 Å². The van der Waals surface area contributed by atoms with Crippen LogP contribution in [0.15, 0.2) is 41.1 Å². The van der Waals surface area contributed by atoms with Gasteiger partial charge in [-0.3, -0.25) is 15.1 Å².